The molecule has 206 valence electrons. The third-order valence-electron chi connectivity index (χ3n) is 6.68. The van der Waals surface area contributed by atoms with Gasteiger partial charge >= 0.3 is 5.97 Å². The van der Waals surface area contributed by atoms with E-state index in [1.165, 1.54) is 12.3 Å². The number of aliphatic hydroxyl groups excluding tert-OH is 1. The SMILES string of the molecule is CC(C)(C)[C@@H](CO)n1cc(C(=O)O)c(=O)c2cc(Cc3cccc(Cl)c3F)c(NCCCn3ccnc3)nc21. The van der Waals surface area contributed by atoms with E-state index in [9.17, 15) is 24.2 Å². The van der Waals surface area contributed by atoms with Crippen LogP contribution >= 0.6 is 11.6 Å². The summed E-state index contributed by atoms with van der Waals surface area (Å²) in [5.74, 6) is -1.53. The standard InChI is InChI=1S/C28H31ClFN5O4/c1-28(2,3)22(15-36)35-14-20(27(38)39)24(37)19-13-18(12-17-6-4-7-21(29)23(17)30)25(33-26(19)35)32-8-5-10-34-11-9-31-16-34/h4,6-7,9,11,13-14,16,22,36H,5,8,10,12,15H2,1-3H3,(H,32,33)(H,38,39)/t22-/m1/s1. The fourth-order valence-electron chi connectivity index (χ4n) is 4.55. The number of nitrogens with one attached hydrogen (secondary N) is 1. The first-order chi connectivity index (χ1) is 18.5. The number of aryl methyl sites for hydroxylation is 1. The molecule has 4 rings (SSSR count). The van der Waals surface area contributed by atoms with Crippen LogP contribution in [0.15, 0.2) is 54.0 Å². The molecule has 0 spiro atoms. The summed E-state index contributed by atoms with van der Waals surface area (Å²) in [6, 6.07) is 5.67. The number of hydrogen-bond acceptors (Lipinski definition) is 6. The second-order valence-electron chi connectivity index (χ2n) is 10.5. The summed E-state index contributed by atoms with van der Waals surface area (Å²) in [6.45, 7) is 6.65. The molecular formula is C28H31ClFN5O4. The van der Waals surface area contributed by atoms with Gasteiger partial charge in [-0.1, -0.05) is 44.5 Å². The molecule has 3 aromatic heterocycles. The summed E-state index contributed by atoms with van der Waals surface area (Å²) < 4.78 is 18.3. The average molecular weight is 556 g/mol. The normalized spacial score (nSPS) is 12.6. The second kappa shape index (κ2) is 11.5. The van der Waals surface area contributed by atoms with E-state index in [1.54, 1.807) is 35.3 Å². The zero-order valence-electron chi connectivity index (χ0n) is 22.0. The Morgan fingerprint density at radius 3 is 2.67 bits per heavy atom. The Morgan fingerprint density at radius 2 is 2.03 bits per heavy atom. The van der Waals surface area contributed by atoms with Gasteiger partial charge in [0.2, 0.25) is 5.43 Å². The molecule has 0 saturated heterocycles. The molecule has 11 heteroatoms. The van der Waals surface area contributed by atoms with Crippen molar-refractivity contribution >= 4 is 34.4 Å². The lowest BCUT2D eigenvalue weighted by Crippen LogP contribution is -2.31. The fraction of sp³-hybridized carbons (Fsp3) is 0.357. The fourth-order valence-corrected chi connectivity index (χ4v) is 4.74. The van der Waals surface area contributed by atoms with E-state index < -0.39 is 34.2 Å². The number of pyridine rings is 2. The van der Waals surface area contributed by atoms with Crippen LogP contribution in [0.2, 0.25) is 5.02 Å². The summed E-state index contributed by atoms with van der Waals surface area (Å²) in [4.78, 5) is 34.1. The molecule has 3 N–H and O–H groups in total. The number of hydrogen-bond donors (Lipinski definition) is 3. The minimum Gasteiger partial charge on any atom is -0.477 e. The number of benzene rings is 1. The van der Waals surface area contributed by atoms with Gasteiger partial charge < -0.3 is 24.7 Å². The van der Waals surface area contributed by atoms with Crippen LogP contribution in [0.4, 0.5) is 10.2 Å². The monoisotopic (exact) mass is 555 g/mol. The molecule has 0 aliphatic rings. The molecular weight excluding hydrogens is 525 g/mol. The van der Waals surface area contributed by atoms with Gasteiger partial charge in [0.05, 0.1) is 29.4 Å². The van der Waals surface area contributed by atoms with Crippen LogP contribution in [-0.2, 0) is 13.0 Å². The highest BCUT2D eigenvalue weighted by Gasteiger charge is 2.29. The summed E-state index contributed by atoms with van der Waals surface area (Å²) >= 11 is 6.01. The number of carbonyl (C=O) groups is 1. The van der Waals surface area contributed by atoms with Gasteiger partial charge in [0.25, 0.3) is 0 Å². The number of aromatic nitrogens is 4. The number of carboxylic acid groups (broad SMARTS) is 1. The molecule has 0 amide bonds. The first kappa shape index (κ1) is 28.3. The third-order valence-corrected chi connectivity index (χ3v) is 6.97. The maximum absolute atomic E-state index is 14.8. The minimum absolute atomic E-state index is 0.0254. The van der Waals surface area contributed by atoms with Crippen molar-refractivity contribution < 1.29 is 19.4 Å². The van der Waals surface area contributed by atoms with E-state index in [1.807, 2.05) is 31.5 Å². The Balaban J connectivity index is 1.87. The van der Waals surface area contributed by atoms with Gasteiger partial charge in [0, 0.05) is 38.1 Å². The van der Waals surface area contributed by atoms with Crippen LogP contribution in [-0.4, -0.2) is 48.4 Å². The van der Waals surface area contributed by atoms with Crippen molar-refractivity contribution in [2.75, 3.05) is 18.5 Å². The number of fused-ring (bicyclic) bond motifs is 1. The predicted octanol–water partition coefficient (Wildman–Crippen LogP) is 4.76. The zero-order chi connectivity index (χ0) is 28.3. The molecule has 0 aliphatic carbocycles. The van der Waals surface area contributed by atoms with E-state index in [2.05, 4.69) is 10.3 Å². The predicted molar refractivity (Wildman–Crippen MR) is 148 cm³/mol. The second-order valence-corrected chi connectivity index (χ2v) is 10.9. The van der Waals surface area contributed by atoms with E-state index in [-0.39, 0.29) is 29.1 Å². The minimum atomic E-state index is -1.38. The van der Waals surface area contributed by atoms with Gasteiger partial charge in [-0.25, -0.2) is 19.2 Å². The van der Waals surface area contributed by atoms with Crippen LogP contribution in [0.3, 0.4) is 0 Å². The van der Waals surface area contributed by atoms with Crippen molar-refractivity contribution in [2.24, 2.45) is 5.41 Å². The number of rotatable bonds is 10. The number of anilines is 1. The van der Waals surface area contributed by atoms with Crippen molar-refractivity contribution in [3.05, 3.63) is 86.9 Å². The molecule has 1 aromatic carbocycles. The Labute approximate surface area is 229 Å². The maximum Gasteiger partial charge on any atom is 0.341 e. The lowest BCUT2D eigenvalue weighted by Gasteiger charge is -2.32. The van der Waals surface area contributed by atoms with Gasteiger partial charge in [0.15, 0.2) is 0 Å². The molecule has 9 nitrogen and oxygen atoms in total. The van der Waals surface area contributed by atoms with Crippen molar-refractivity contribution in [3.8, 4) is 0 Å². The van der Waals surface area contributed by atoms with Crippen LogP contribution in [0.5, 0.6) is 0 Å². The topological polar surface area (TPSA) is 122 Å². The zero-order valence-corrected chi connectivity index (χ0v) is 22.7. The number of imidazole rings is 1. The summed E-state index contributed by atoms with van der Waals surface area (Å²) in [5.41, 5.74) is -0.586. The van der Waals surface area contributed by atoms with E-state index in [0.29, 0.717) is 30.0 Å². The Hall–Kier alpha value is -3.76. The average Bonchev–Trinajstić information content (AvgIpc) is 3.39. The summed E-state index contributed by atoms with van der Waals surface area (Å²) in [5, 5.41) is 23.4. The first-order valence-electron chi connectivity index (χ1n) is 12.6. The Kier molecular flexibility index (Phi) is 8.36. The van der Waals surface area contributed by atoms with Crippen molar-refractivity contribution in [1.82, 2.24) is 19.1 Å². The number of carboxylic acids is 1. The van der Waals surface area contributed by atoms with E-state index in [4.69, 9.17) is 16.6 Å². The molecule has 39 heavy (non-hydrogen) atoms. The molecule has 0 unspecified atom stereocenters. The molecule has 4 aromatic rings. The Bertz CT molecular complexity index is 1550. The highest BCUT2D eigenvalue weighted by atomic mass is 35.5. The van der Waals surface area contributed by atoms with Gasteiger partial charge in [-0.2, -0.15) is 0 Å². The van der Waals surface area contributed by atoms with Gasteiger partial charge in [0.1, 0.15) is 22.8 Å². The first-order valence-corrected chi connectivity index (χ1v) is 12.9. The van der Waals surface area contributed by atoms with Crippen LogP contribution in [0.25, 0.3) is 11.0 Å². The largest absolute Gasteiger partial charge is 0.477 e. The van der Waals surface area contributed by atoms with Crippen molar-refractivity contribution in [3.63, 3.8) is 0 Å². The lowest BCUT2D eigenvalue weighted by atomic mass is 9.86. The number of nitrogens with zero attached hydrogens (tertiary/aromatic N) is 4. The van der Waals surface area contributed by atoms with E-state index in [0.717, 1.165) is 6.42 Å². The number of aromatic carboxylic acids is 1. The van der Waals surface area contributed by atoms with Crippen LogP contribution in [0.1, 0.15) is 54.7 Å². The molecule has 0 bridgehead atoms. The molecule has 1 atom stereocenters. The van der Waals surface area contributed by atoms with Gasteiger partial charge in [-0.05, 0) is 35.1 Å². The number of halogens is 2. The highest BCUT2D eigenvalue weighted by Crippen LogP contribution is 2.33. The van der Waals surface area contributed by atoms with Crippen LogP contribution in [0, 0.1) is 11.2 Å². The molecule has 0 aliphatic heterocycles. The molecule has 0 saturated carbocycles. The lowest BCUT2D eigenvalue weighted by molar-refractivity contribution is 0.0692. The van der Waals surface area contributed by atoms with E-state index >= 15 is 0 Å². The molecule has 0 radical (unpaired) electrons. The highest BCUT2D eigenvalue weighted by molar-refractivity contribution is 6.30. The van der Waals surface area contributed by atoms with Gasteiger partial charge in [-0.15, -0.1) is 0 Å². The maximum atomic E-state index is 14.8. The third kappa shape index (κ3) is 6.12. The molecule has 3 heterocycles. The number of aliphatic hydroxyl groups is 1. The van der Waals surface area contributed by atoms with Crippen molar-refractivity contribution in [1.29, 1.82) is 0 Å². The van der Waals surface area contributed by atoms with Crippen molar-refractivity contribution in [2.45, 2.75) is 46.2 Å². The summed E-state index contributed by atoms with van der Waals surface area (Å²) in [6.07, 6.45) is 7.33. The smallest absolute Gasteiger partial charge is 0.341 e. The quantitative estimate of drug-likeness (QED) is 0.241. The van der Waals surface area contributed by atoms with Crippen LogP contribution < -0.4 is 10.7 Å². The Morgan fingerprint density at radius 1 is 1.26 bits per heavy atom. The van der Waals surface area contributed by atoms with Gasteiger partial charge in [-0.3, -0.25) is 4.79 Å². The molecule has 0 fully saturated rings. The summed E-state index contributed by atoms with van der Waals surface area (Å²) in [7, 11) is 0.